The summed E-state index contributed by atoms with van der Waals surface area (Å²) in [6.07, 6.45) is 3.45. The molecular weight excluding hydrogens is 278 g/mol. The monoisotopic (exact) mass is 305 g/mol. The van der Waals surface area contributed by atoms with Gasteiger partial charge in [0.2, 0.25) is 0 Å². The smallest absolute Gasteiger partial charge is 0.306 e. The van der Waals surface area contributed by atoms with Crippen LogP contribution in [0.4, 0.5) is 0 Å². The molecule has 1 aromatic carbocycles. The van der Waals surface area contributed by atoms with Crippen molar-refractivity contribution in [3.05, 3.63) is 29.8 Å². The van der Waals surface area contributed by atoms with Crippen molar-refractivity contribution in [1.82, 2.24) is 5.32 Å². The summed E-state index contributed by atoms with van der Waals surface area (Å²) in [5.74, 6) is 0.651. The van der Waals surface area contributed by atoms with Crippen molar-refractivity contribution in [2.24, 2.45) is 5.92 Å². The molecule has 0 aromatic heterocycles. The highest BCUT2D eigenvalue weighted by Crippen LogP contribution is 2.24. The molecule has 0 aliphatic heterocycles. The summed E-state index contributed by atoms with van der Waals surface area (Å²) < 4.78 is 5.73. The van der Waals surface area contributed by atoms with Crippen LogP contribution in [0.1, 0.15) is 51.0 Å². The molecule has 22 heavy (non-hydrogen) atoms. The fourth-order valence-electron chi connectivity index (χ4n) is 2.93. The van der Waals surface area contributed by atoms with Crippen LogP contribution in [0.25, 0.3) is 0 Å². The van der Waals surface area contributed by atoms with E-state index in [9.17, 15) is 4.79 Å². The van der Waals surface area contributed by atoms with Crippen molar-refractivity contribution >= 4 is 5.97 Å². The van der Waals surface area contributed by atoms with E-state index in [0.717, 1.165) is 38.0 Å². The number of ether oxygens (including phenoxy) is 1. The lowest BCUT2D eigenvalue weighted by Gasteiger charge is -2.26. The van der Waals surface area contributed by atoms with Gasteiger partial charge in [-0.05, 0) is 49.3 Å². The third kappa shape index (κ3) is 5.02. The number of hydrogen-bond acceptors (Lipinski definition) is 3. The minimum absolute atomic E-state index is 0.145. The quantitative estimate of drug-likeness (QED) is 0.758. The van der Waals surface area contributed by atoms with E-state index < -0.39 is 5.97 Å². The molecule has 1 aromatic rings. The second-order valence-corrected chi connectivity index (χ2v) is 6.41. The Kier molecular flexibility index (Phi) is 6.25. The van der Waals surface area contributed by atoms with Crippen LogP contribution in [0, 0.1) is 5.92 Å². The zero-order valence-corrected chi connectivity index (χ0v) is 13.5. The molecule has 0 radical (unpaired) electrons. The zero-order valence-electron chi connectivity index (χ0n) is 13.5. The van der Waals surface area contributed by atoms with Crippen LogP contribution >= 0.6 is 0 Å². The molecule has 4 heteroatoms. The molecule has 0 spiro atoms. The molecule has 1 saturated carbocycles. The second-order valence-electron chi connectivity index (χ2n) is 6.41. The van der Waals surface area contributed by atoms with Gasteiger partial charge in [0.05, 0.1) is 5.92 Å². The SMILES string of the molecule is CC(C)c1ccc(OCCNC2CCC(C(=O)O)CC2)cc1. The van der Waals surface area contributed by atoms with Gasteiger partial charge in [0, 0.05) is 12.6 Å². The number of benzene rings is 1. The summed E-state index contributed by atoms with van der Waals surface area (Å²) in [4.78, 5) is 10.9. The normalized spacial score (nSPS) is 21.8. The van der Waals surface area contributed by atoms with Crippen LogP contribution in [0.3, 0.4) is 0 Å². The third-order valence-electron chi connectivity index (χ3n) is 4.43. The fourth-order valence-corrected chi connectivity index (χ4v) is 2.93. The molecule has 1 fully saturated rings. The Bertz CT molecular complexity index is 462. The predicted molar refractivity (Wildman–Crippen MR) is 87.4 cm³/mol. The minimum atomic E-state index is -0.647. The lowest BCUT2D eigenvalue weighted by atomic mass is 9.86. The van der Waals surface area contributed by atoms with E-state index >= 15 is 0 Å². The highest BCUT2D eigenvalue weighted by atomic mass is 16.5. The van der Waals surface area contributed by atoms with Crippen molar-refractivity contribution < 1.29 is 14.6 Å². The maximum atomic E-state index is 10.9. The van der Waals surface area contributed by atoms with E-state index in [1.807, 2.05) is 12.1 Å². The number of nitrogens with one attached hydrogen (secondary N) is 1. The van der Waals surface area contributed by atoms with Crippen LogP contribution in [0.2, 0.25) is 0 Å². The second kappa shape index (κ2) is 8.18. The van der Waals surface area contributed by atoms with E-state index in [1.165, 1.54) is 5.56 Å². The highest BCUT2D eigenvalue weighted by molar-refractivity contribution is 5.70. The molecule has 0 atom stereocenters. The lowest BCUT2D eigenvalue weighted by Crippen LogP contribution is -2.37. The summed E-state index contributed by atoms with van der Waals surface area (Å²) in [7, 11) is 0. The molecule has 1 aliphatic rings. The van der Waals surface area contributed by atoms with Crippen molar-refractivity contribution in [3.63, 3.8) is 0 Å². The Morgan fingerprint density at radius 3 is 2.41 bits per heavy atom. The van der Waals surface area contributed by atoms with Crippen molar-refractivity contribution in [2.45, 2.75) is 51.5 Å². The average Bonchev–Trinajstić information content (AvgIpc) is 2.52. The number of hydrogen-bond donors (Lipinski definition) is 2. The summed E-state index contributed by atoms with van der Waals surface area (Å²) in [5, 5.41) is 12.4. The fraction of sp³-hybridized carbons (Fsp3) is 0.611. The molecule has 122 valence electrons. The summed E-state index contributed by atoms with van der Waals surface area (Å²) in [6.45, 7) is 5.80. The van der Waals surface area contributed by atoms with Crippen LogP contribution in [0.5, 0.6) is 5.75 Å². The summed E-state index contributed by atoms with van der Waals surface area (Å²) in [5.41, 5.74) is 1.32. The maximum Gasteiger partial charge on any atom is 0.306 e. The molecule has 0 heterocycles. The van der Waals surface area contributed by atoms with Gasteiger partial charge in [-0.1, -0.05) is 26.0 Å². The van der Waals surface area contributed by atoms with E-state index in [-0.39, 0.29) is 5.92 Å². The molecular formula is C18H27NO3. The maximum absolute atomic E-state index is 10.9. The van der Waals surface area contributed by atoms with Crippen LogP contribution in [-0.4, -0.2) is 30.3 Å². The first kappa shape index (κ1) is 16.8. The van der Waals surface area contributed by atoms with Gasteiger partial charge in [-0.3, -0.25) is 4.79 Å². The highest BCUT2D eigenvalue weighted by Gasteiger charge is 2.25. The number of carboxylic acids is 1. The number of aliphatic carboxylic acids is 1. The summed E-state index contributed by atoms with van der Waals surface area (Å²) in [6, 6.07) is 8.70. The largest absolute Gasteiger partial charge is 0.492 e. The Labute approximate surface area is 132 Å². The molecule has 1 aliphatic carbocycles. The molecule has 2 N–H and O–H groups in total. The molecule has 2 rings (SSSR count). The predicted octanol–water partition coefficient (Wildman–Crippen LogP) is 3.42. The Balaban J connectivity index is 1.62. The molecule has 0 bridgehead atoms. The zero-order chi connectivity index (χ0) is 15.9. The third-order valence-corrected chi connectivity index (χ3v) is 4.43. The Morgan fingerprint density at radius 1 is 1.23 bits per heavy atom. The van der Waals surface area contributed by atoms with Gasteiger partial charge < -0.3 is 15.2 Å². The number of carboxylic acid groups (broad SMARTS) is 1. The van der Waals surface area contributed by atoms with Crippen LogP contribution in [-0.2, 0) is 4.79 Å². The molecule has 0 saturated heterocycles. The first-order valence-corrected chi connectivity index (χ1v) is 8.25. The first-order valence-electron chi connectivity index (χ1n) is 8.25. The van der Waals surface area contributed by atoms with Crippen molar-refractivity contribution in [2.75, 3.05) is 13.2 Å². The standard InChI is InChI=1S/C18H27NO3/c1-13(2)14-5-9-17(10-6-14)22-12-11-19-16-7-3-15(4-8-16)18(20)21/h5-6,9-10,13,15-16,19H,3-4,7-8,11-12H2,1-2H3,(H,20,21). The van der Waals surface area contributed by atoms with E-state index in [2.05, 4.69) is 31.3 Å². The molecule has 4 nitrogen and oxygen atoms in total. The van der Waals surface area contributed by atoms with Gasteiger partial charge >= 0.3 is 5.97 Å². The summed E-state index contributed by atoms with van der Waals surface area (Å²) >= 11 is 0. The van der Waals surface area contributed by atoms with E-state index in [0.29, 0.717) is 18.6 Å². The van der Waals surface area contributed by atoms with E-state index in [4.69, 9.17) is 9.84 Å². The average molecular weight is 305 g/mol. The molecule has 0 amide bonds. The van der Waals surface area contributed by atoms with Gasteiger partial charge in [0.25, 0.3) is 0 Å². The van der Waals surface area contributed by atoms with E-state index in [1.54, 1.807) is 0 Å². The Hall–Kier alpha value is -1.55. The molecule has 0 unspecified atom stereocenters. The van der Waals surface area contributed by atoms with Crippen LogP contribution < -0.4 is 10.1 Å². The van der Waals surface area contributed by atoms with Gasteiger partial charge in [-0.25, -0.2) is 0 Å². The Morgan fingerprint density at radius 2 is 1.86 bits per heavy atom. The number of carbonyl (C=O) groups is 1. The lowest BCUT2D eigenvalue weighted by molar-refractivity contribution is -0.142. The number of rotatable bonds is 7. The minimum Gasteiger partial charge on any atom is -0.492 e. The first-order chi connectivity index (χ1) is 10.6. The van der Waals surface area contributed by atoms with Gasteiger partial charge in [0.1, 0.15) is 12.4 Å². The van der Waals surface area contributed by atoms with Gasteiger partial charge in [0.15, 0.2) is 0 Å². The van der Waals surface area contributed by atoms with Gasteiger partial charge in [-0.2, -0.15) is 0 Å². The van der Waals surface area contributed by atoms with Crippen molar-refractivity contribution in [3.8, 4) is 5.75 Å². The topological polar surface area (TPSA) is 58.6 Å². The van der Waals surface area contributed by atoms with Gasteiger partial charge in [-0.15, -0.1) is 0 Å². The van der Waals surface area contributed by atoms with Crippen LogP contribution in [0.15, 0.2) is 24.3 Å². The van der Waals surface area contributed by atoms with Crippen molar-refractivity contribution in [1.29, 1.82) is 0 Å².